The molecule has 0 aliphatic heterocycles. The van der Waals surface area contributed by atoms with Crippen LogP contribution < -0.4 is 9.47 Å². The van der Waals surface area contributed by atoms with Crippen LogP contribution in [0, 0.1) is 34.8 Å². The van der Waals surface area contributed by atoms with E-state index >= 15 is 0 Å². The Hall–Kier alpha value is -8.17. The van der Waals surface area contributed by atoms with Crippen molar-refractivity contribution in [3.8, 4) is 33.8 Å². The fraction of sp³-hybridized carbons (Fsp3) is 0.519. The molecule has 7 nitrogen and oxygen atoms in total. The molecule has 5 aliphatic rings. The number of rotatable bonds is 39. The van der Waals surface area contributed by atoms with Gasteiger partial charge >= 0.3 is 17.9 Å². The second-order valence-corrected chi connectivity index (χ2v) is 34.9. The highest BCUT2D eigenvalue weighted by molar-refractivity contribution is 5.92. The first-order chi connectivity index (χ1) is 56.0. The van der Waals surface area contributed by atoms with Crippen LogP contribution in [0.3, 0.4) is 0 Å². The van der Waals surface area contributed by atoms with Gasteiger partial charge in [-0.3, -0.25) is 0 Å². The van der Waals surface area contributed by atoms with Crippen LogP contribution in [-0.4, -0.2) is 30.6 Å². The van der Waals surface area contributed by atoms with Crippen molar-refractivity contribution in [1.82, 2.24) is 0 Å². The van der Waals surface area contributed by atoms with Gasteiger partial charge in [-0.15, -0.1) is 0 Å². The number of unbranched alkanes of at least 4 members (excludes halogenated alkanes) is 11. The predicted octanol–water partition coefficient (Wildman–Crippen LogP) is 30.6. The molecule has 0 N–H and O–H groups in total. The minimum Gasteiger partial charge on any atom is -0.485 e. The molecule has 5 aliphatic carbocycles. The molecule has 8 aromatic rings. The lowest BCUT2D eigenvalue weighted by Crippen LogP contribution is -2.44. The number of benzene rings is 8. The van der Waals surface area contributed by atoms with Crippen LogP contribution in [-0.2, 0) is 27.7 Å². The lowest BCUT2D eigenvalue weighted by molar-refractivity contribution is -0.00134. The van der Waals surface area contributed by atoms with Crippen molar-refractivity contribution in [2.24, 2.45) is 23.2 Å². The van der Waals surface area contributed by atoms with E-state index in [1.54, 1.807) is 0 Å². The zero-order valence-electron chi connectivity index (χ0n) is 71.4. The van der Waals surface area contributed by atoms with E-state index in [9.17, 15) is 23.2 Å². The maximum atomic E-state index is 14.9. The number of hydrogen-bond acceptors (Lipinski definition) is 7. The minimum absolute atomic E-state index is 0.0437. The van der Waals surface area contributed by atoms with Gasteiger partial charge in [0.1, 0.15) is 12.4 Å². The number of aryl methyl sites for hydroxylation is 1. The van der Waals surface area contributed by atoms with Gasteiger partial charge in [0, 0.05) is 0 Å². The van der Waals surface area contributed by atoms with Gasteiger partial charge in [0.05, 0.1) is 22.8 Å². The molecule has 2 bridgehead atoms. The molecule has 0 amide bonds. The highest BCUT2D eigenvalue weighted by Crippen LogP contribution is 2.60. The van der Waals surface area contributed by atoms with E-state index < -0.39 is 29.7 Å². The van der Waals surface area contributed by atoms with E-state index in [2.05, 4.69) is 109 Å². The van der Waals surface area contributed by atoms with Crippen LogP contribution in [0.4, 0.5) is 8.78 Å². The SMILES string of the molecule is CCCCCC1CCC(c2ccc(C(=O)OCC(OC(=O)c3ccc(C4CCC(CCCCC)CC4)cc3)c3ccccc3)cc2)CC1.CCCCCCC(C)Oc1c(F)cc(-c2ccc(C34CCC(CCCCC)(CC3)CC4)cc2)cc1F.CCCCCc1ccc(-c2ccc(C(=O)Oc3ccc(CC(C)CC)cc3)cc2)cc1. The first-order valence-electron chi connectivity index (χ1n) is 45.4. The smallest absolute Gasteiger partial charge is 0.343 e. The fourth-order valence-electron chi connectivity index (χ4n) is 18.5. The first kappa shape index (κ1) is 89.2. The Morgan fingerprint density at radius 1 is 0.443 bits per heavy atom. The number of fused-ring (bicyclic) bond motifs is 3. The van der Waals surface area contributed by atoms with E-state index in [4.69, 9.17) is 18.9 Å². The molecular formula is C106H138F2O7. The van der Waals surface area contributed by atoms with Crippen molar-refractivity contribution in [1.29, 1.82) is 0 Å². The Bertz CT molecular complexity index is 4090. The van der Waals surface area contributed by atoms with Crippen LogP contribution in [0.2, 0.25) is 0 Å². The van der Waals surface area contributed by atoms with Crippen LogP contribution in [0.15, 0.2) is 188 Å². The average molecular weight is 1560 g/mol. The van der Waals surface area contributed by atoms with Crippen LogP contribution in [0.5, 0.6) is 11.5 Å². The summed E-state index contributed by atoms with van der Waals surface area (Å²) in [6.45, 7) is 17.5. The molecule has 5 saturated carbocycles. The van der Waals surface area contributed by atoms with Crippen LogP contribution >= 0.6 is 0 Å². The lowest BCUT2D eigenvalue weighted by Gasteiger charge is -2.54. The summed E-state index contributed by atoms with van der Waals surface area (Å²) in [6.07, 6.45) is 45.8. The van der Waals surface area contributed by atoms with Gasteiger partial charge in [-0.1, -0.05) is 285 Å². The van der Waals surface area contributed by atoms with Crippen LogP contribution in [0.1, 0.15) is 363 Å². The van der Waals surface area contributed by atoms with Crippen molar-refractivity contribution < 1.29 is 42.1 Å². The summed E-state index contributed by atoms with van der Waals surface area (Å²) in [7, 11) is 0. The molecule has 13 rings (SSSR count). The number of hydrogen-bond donors (Lipinski definition) is 0. The Kier molecular flexibility index (Phi) is 36.2. The molecule has 8 aromatic carbocycles. The second kappa shape index (κ2) is 46.7. The summed E-state index contributed by atoms with van der Waals surface area (Å²) in [5.74, 6) is 1.52. The van der Waals surface area contributed by atoms with Gasteiger partial charge in [-0.25, -0.2) is 23.2 Å². The average Bonchev–Trinajstić information content (AvgIpc) is 0.745. The van der Waals surface area contributed by atoms with E-state index in [0.717, 1.165) is 72.6 Å². The van der Waals surface area contributed by atoms with Crippen molar-refractivity contribution in [3.63, 3.8) is 0 Å². The zero-order chi connectivity index (χ0) is 81.2. The Morgan fingerprint density at radius 2 is 0.904 bits per heavy atom. The van der Waals surface area contributed by atoms with Gasteiger partial charge < -0.3 is 18.9 Å². The predicted molar refractivity (Wildman–Crippen MR) is 472 cm³/mol. The third-order valence-corrected chi connectivity index (χ3v) is 26.4. The maximum Gasteiger partial charge on any atom is 0.343 e. The third-order valence-electron chi connectivity index (χ3n) is 26.4. The molecule has 618 valence electrons. The second-order valence-electron chi connectivity index (χ2n) is 34.9. The minimum atomic E-state index is -0.697. The van der Waals surface area contributed by atoms with Crippen molar-refractivity contribution in [2.45, 2.75) is 322 Å². The summed E-state index contributed by atoms with van der Waals surface area (Å²) in [5.41, 5.74) is 13.7. The monoisotopic (exact) mass is 1560 g/mol. The van der Waals surface area contributed by atoms with E-state index in [1.165, 1.54) is 239 Å². The van der Waals surface area contributed by atoms with E-state index in [1.807, 2.05) is 122 Å². The molecule has 0 heterocycles. The standard InChI is InChI=1S/C44H58O4.C33H46F2O.C29H34O2/c1-3-5-8-12-33-16-20-35(21-17-33)37-24-28-40(29-25-37)43(45)47-32-42(39-14-10-7-11-15-39)48-44(46)41-30-26-38(27-31-41)36-22-18-34(19-23-36)13-9-6-4-2;1-4-6-8-9-11-25(3)36-31-29(34)23-27(24-30(31)35)26-12-14-28(15-13-26)33-20-17-32(18-21-33,19-22-33)16-10-7-5-2;1-4-6-7-8-23-9-13-25(14-10-23)26-15-17-27(18-16-26)29(30)31-28-19-11-24(12-20-28)21-22(3)5-2/h7,10-11,14-15,24-31,33-36,42H,3-6,8-9,12-13,16-23,32H2,1-2H3;12-15,23-25H,4-11,16-22H2,1-3H3;9-20,22H,4-8,21H2,1-3H3. The number of ether oxygens (including phenoxy) is 4. The molecule has 0 saturated heterocycles. The number of halogens is 2. The third kappa shape index (κ3) is 27.2. The summed E-state index contributed by atoms with van der Waals surface area (Å²) >= 11 is 0. The molecule has 0 radical (unpaired) electrons. The summed E-state index contributed by atoms with van der Waals surface area (Å²) in [6, 6.07) is 61.1. The molecule has 115 heavy (non-hydrogen) atoms. The summed E-state index contributed by atoms with van der Waals surface area (Å²) < 4.78 is 52.7. The highest BCUT2D eigenvalue weighted by atomic mass is 19.1. The molecule has 9 heteroatoms. The first-order valence-corrected chi connectivity index (χ1v) is 45.4. The summed E-state index contributed by atoms with van der Waals surface area (Å²) in [5, 5.41) is 0. The molecule has 0 aromatic heterocycles. The molecular weight excluding hydrogens is 1420 g/mol. The normalized spacial score (nSPS) is 19.8. The number of carbonyl (C=O) groups excluding carboxylic acids is 3. The highest BCUT2D eigenvalue weighted by Gasteiger charge is 2.49. The van der Waals surface area contributed by atoms with E-state index in [0.29, 0.717) is 56.6 Å². The molecule has 3 unspecified atom stereocenters. The van der Waals surface area contributed by atoms with Crippen molar-refractivity contribution in [2.75, 3.05) is 6.61 Å². The van der Waals surface area contributed by atoms with Gasteiger partial charge in [-0.05, 0) is 292 Å². The van der Waals surface area contributed by atoms with Crippen molar-refractivity contribution >= 4 is 17.9 Å². The van der Waals surface area contributed by atoms with Crippen molar-refractivity contribution in [3.05, 3.63) is 250 Å². The Balaban J connectivity index is 0.000000187. The lowest BCUT2D eigenvalue weighted by atomic mass is 9.51. The van der Waals surface area contributed by atoms with Crippen LogP contribution in [0.25, 0.3) is 22.3 Å². The van der Waals surface area contributed by atoms with Gasteiger partial charge in [0.25, 0.3) is 0 Å². The van der Waals surface area contributed by atoms with Gasteiger partial charge in [0.2, 0.25) is 0 Å². The molecule has 0 spiro atoms. The summed E-state index contributed by atoms with van der Waals surface area (Å²) in [4.78, 5) is 38.9. The maximum absolute atomic E-state index is 14.9. The quantitative estimate of drug-likeness (QED) is 0.0215. The fourth-order valence-corrected chi connectivity index (χ4v) is 18.5. The van der Waals surface area contributed by atoms with Gasteiger partial charge in [-0.2, -0.15) is 0 Å². The Labute approximate surface area is 691 Å². The Morgan fingerprint density at radius 3 is 1.43 bits per heavy atom. The van der Waals surface area contributed by atoms with Gasteiger partial charge in [0.15, 0.2) is 23.5 Å². The molecule has 5 fully saturated rings. The topological polar surface area (TPSA) is 88.1 Å². The largest absolute Gasteiger partial charge is 0.485 e. The zero-order valence-corrected chi connectivity index (χ0v) is 71.4. The molecule has 3 atom stereocenters. The number of esters is 3. The van der Waals surface area contributed by atoms with E-state index in [-0.39, 0.29) is 24.4 Å². The number of carbonyl (C=O) groups is 3.